The van der Waals surface area contributed by atoms with Crippen LogP contribution in [0.25, 0.3) is 0 Å². The Bertz CT molecular complexity index is 743. The van der Waals surface area contributed by atoms with Gasteiger partial charge in [0.15, 0.2) is 0 Å². The average Bonchev–Trinajstić information content (AvgIpc) is 2.48. The molecule has 1 atom stereocenters. The molecular formula is C15H15N2O4S-. The third kappa shape index (κ3) is 4.06. The summed E-state index contributed by atoms with van der Waals surface area (Å²) in [6, 6.07) is 12.8. The summed E-state index contributed by atoms with van der Waals surface area (Å²) in [5, 5.41) is 11.2. The zero-order valence-electron chi connectivity index (χ0n) is 11.6. The predicted molar refractivity (Wildman–Crippen MR) is 80.1 cm³/mol. The summed E-state index contributed by atoms with van der Waals surface area (Å²) in [6.45, 7) is 0. The van der Waals surface area contributed by atoms with E-state index in [1.807, 2.05) is 0 Å². The summed E-state index contributed by atoms with van der Waals surface area (Å²) in [7, 11) is -3.97. The van der Waals surface area contributed by atoms with Gasteiger partial charge >= 0.3 is 0 Å². The van der Waals surface area contributed by atoms with Gasteiger partial charge in [-0.2, -0.15) is 0 Å². The first-order valence-electron chi connectivity index (χ1n) is 6.51. The molecule has 3 N–H and O–H groups in total. The van der Waals surface area contributed by atoms with Gasteiger partial charge in [-0.25, -0.2) is 13.1 Å². The Balaban J connectivity index is 2.20. The summed E-state index contributed by atoms with van der Waals surface area (Å²) in [6.07, 6.45) is -0.00260. The van der Waals surface area contributed by atoms with Gasteiger partial charge in [-0.15, -0.1) is 0 Å². The van der Waals surface area contributed by atoms with E-state index in [9.17, 15) is 18.3 Å². The molecular weight excluding hydrogens is 304 g/mol. The number of sulfonamides is 1. The molecule has 22 heavy (non-hydrogen) atoms. The molecule has 0 amide bonds. The summed E-state index contributed by atoms with van der Waals surface area (Å²) in [4.78, 5) is 11.2. The molecule has 0 saturated heterocycles. The topological polar surface area (TPSA) is 112 Å². The Morgan fingerprint density at radius 2 is 1.68 bits per heavy atom. The van der Waals surface area contributed by atoms with Crippen LogP contribution < -0.4 is 15.6 Å². The third-order valence-corrected chi connectivity index (χ3v) is 4.54. The number of aliphatic carboxylic acids is 1. The second-order valence-electron chi connectivity index (χ2n) is 4.75. The van der Waals surface area contributed by atoms with Crippen molar-refractivity contribution >= 4 is 21.7 Å². The zero-order valence-corrected chi connectivity index (χ0v) is 12.4. The molecule has 6 nitrogen and oxygen atoms in total. The molecule has 0 spiro atoms. The van der Waals surface area contributed by atoms with Gasteiger partial charge in [-0.3, -0.25) is 0 Å². The molecule has 116 valence electrons. The molecule has 0 heterocycles. The molecule has 0 aliphatic heterocycles. The fraction of sp³-hybridized carbons (Fsp3) is 0.133. The highest BCUT2D eigenvalue weighted by Crippen LogP contribution is 2.13. The second-order valence-corrected chi connectivity index (χ2v) is 6.47. The van der Waals surface area contributed by atoms with Gasteiger partial charge in [0.2, 0.25) is 10.0 Å². The van der Waals surface area contributed by atoms with Crippen LogP contribution in [0, 0.1) is 0 Å². The van der Waals surface area contributed by atoms with Crippen LogP contribution in [0.4, 0.5) is 5.69 Å². The Morgan fingerprint density at radius 3 is 2.23 bits per heavy atom. The standard InChI is InChI=1S/C15H16N2O4S/c16-12-6-8-13(9-7-12)22(20,21)17-14(15(18)19)10-11-4-2-1-3-5-11/h1-9,14,17H,10,16H2,(H,18,19)/p-1/t14-/m0/s1. The molecule has 0 fully saturated rings. The second kappa shape index (κ2) is 6.59. The van der Waals surface area contributed by atoms with E-state index in [1.54, 1.807) is 30.3 Å². The number of benzene rings is 2. The molecule has 2 aromatic rings. The van der Waals surface area contributed by atoms with Crippen molar-refractivity contribution in [3.63, 3.8) is 0 Å². The Morgan fingerprint density at radius 1 is 1.09 bits per heavy atom. The SMILES string of the molecule is Nc1ccc(S(=O)(=O)N[C@@H](Cc2ccccc2)C(=O)[O-])cc1. The van der Waals surface area contributed by atoms with E-state index in [4.69, 9.17) is 5.73 Å². The summed E-state index contributed by atoms with van der Waals surface area (Å²) >= 11 is 0. The van der Waals surface area contributed by atoms with Crippen LogP contribution in [0.1, 0.15) is 5.56 Å². The summed E-state index contributed by atoms with van der Waals surface area (Å²) in [5.41, 5.74) is 6.61. The first-order valence-corrected chi connectivity index (χ1v) is 7.99. The van der Waals surface area contributed by atoms with E-state index in [2.05, 4.69) is 4.72 Å². The van der Waals surface area contributed by atoms with Crippen molar-refractivity contribution in [3.05, 3.63) is 60.2 Å². The monoisotopic (exact) mass is 319 g/mol. The highest BCUT2D eigenvalue weighted by Gasteiger charge is 2.21. The number of anilines is 1. The van der Waals surface area contributed by atoms with Crippen LogP contribution in [-0.2, 0) is 21.2 Å². The molecule has 0 radical (unpaired) electrons. The lowest BCUT2D eigenvalue weighted by Gasteiger charge is -2.20. The third-order valence-electron chi connectivity index (χ3n) is 3.05. The van der Waals surface area contributed by atoms with Crippen molar-refractivity contribution in [1.82, 2.24) is 4.72 Å². The normalized spacial score (nSPS) is 12.7. The first-order chi connectivity index (χ1) is 10.4. The Labute approximate surface area is 128 Å². The number of carbonyl (C=O) groups is 1. The van der Waals surface area contributed by atoms with Gasteiger partial charge in [-0.1, -0.05) is 30.3 Å². The maximum absolute atomic E-state index is 12.2. The van der Waals surface area contributed by atoms with Crippen LogP contribution in [-0.4, -0.2) is 20.4 Å². The molecule has 0 aliphatic carbocycles. The number of carboxylic acid groups (broad SMARTS) is 1. The van der Waals surface area contributed by atoms with Gasteiger partial charge in [0, 0.05) is 5.69 Å². The summed E-state index contributed by atoms with van der Waals surface area (Å²) in [5.74, 6) is -1.48. The van der Waals surface area contributed by atoms with Crippen molar-refractivity contribution in [2.45, 2.75) is 17.4 Å². The molecule has 0 saturated carbocycles. The van der Waals surface area contributed by atoms with Crippen molar-refractivity contribution in [2.75, 3.05) is 5.73 Å². The largest absolute Gasteiger partial charge is 0.548 e. The number of carbonyl (C=O) groups excluding carboxylic acids is 1. The van der Waals surface area contributed by atoms with Crippen LogP contribution in [0.3, 0.4) is 0 Å². The zero-order chi connectivity index (χ0) is 16.2. The van der Waals surface area contributed by atoms with Gasteiger partial charge in [0.1, 0.15) is 0 Å². The lowest BCUT2D eigenvalue weighted by Crippen LogP contribution is -2.49. The van der Waals surface area contributed by atoms with Gasteiger partial charge in [0.25, 0.3) is 0 Å². The molecule has 0 bridgehead atoms. The number of nitrogens with two attached hydrogens (primary N) is 1. The van der Waals surface area contributed by atoms with Gasteiger partial charge in [0.05, 0.1) is 16.9 Å². The molecule has 0 aromatic heterocycles. The fourth-order valence-electron chi connectivity index (χ4n) is 1.93. The number of nitrogen functional groups attached to an aromatic ring is 1. The van der Waals surface area contributed by atoms with Crippen LogP contribution in [0.15, 0.2) is 59.5 Å². The van der Waals surface area contributed by atoms with E-state index < -0.39 is 22.0 Å². The summed E-state index contributed by atoms with van der Waals surface area (Å²) < 4.78 is 26.6. The lowest BCUT2D eigenvalue weighted by atomic mass is 10.1. The quantitative estimate of drug-likeness (QED) is 0.723. The van der Waals surface area contributed by atoms with E-state index in [1.165, 1.54) is 24.3 Å². The number of rotatable bonds is 6. The fourth-order valence-corrected chi connectivity index (χ4v) is 3.11. The number of hydrogen-bond acceptors (Lipinski definition) is 5. The van der Waals surface area contributed by atoms with Crippen molar-refractivity contribution in [2.24, 2.45) is 0 Å². The Kier molecular flexibility index (Phi) is 4.79. The van der Waals surface area contributed by atoms with Crippen molar-refractivity contribution in [1.29, 1.82) is 0 Å². The van der Waals surface area contributed by atoms with Gasteiger partial charge < -0.3 is 15.6 Å². The van der Waals surface area contributed by atoms with Gasteiger partial charge in [-0.05, 0) is 36.2 Å². The highest BCUT2D eigenvalue weighted by atomic mass is 32.2. The number of nitrogens with one attached hydrogen (secondary N) is 1. The van der Waals surface area contributed by atoms with E-state index in [-0.39, 0.29) is 11.3 Å². The number of hydrogen-bond donors (Lipinski definition) is 2. The molecule has 0 unspecified atom stereocenters. The van der Waals surface area contributed by atoms with E-state index >= 15 is 0 Å². The van der Waals surface area contributed by atoms with Crippen LogP contribution in [0.2, 0.25) is 0 Å². The minimum absolute atomic E-state index is 0.00260. The van der Waals surface area contributed by atoms with Crippen molar-refractivity contribution in [3.8, 4) is 0 Å². The first kappa shape index (κ1) is 16.0. The van der Waals surface area contributed by atoms with Crippen molar-refractivity contribution < 1.29 is 18.3 Å². The molecule has 0 aliphatic rings. The highest BCUT2D eigenvalue weighted by molar-refractivity contribution is 7.89. The van der Waals surface area contributed by atoms with Crippen LogP contribution in [0.5, 0.6) is 0 Å². The van der Waals surface area contributed by atoms with Crippen LogP contribution >= 0.6 is 0 Å². The van der Waals surface area contributed by atoms with E-state index in [0.29, 0.717) is 11.3 Å². The minimum atomic E-state index is -3.97. The van der Waals surface area contributed by atoms with E-state index in [0.717, 1.165) is 0 Å². The smallest absolute Gasteiger partial charge is 0.241 e. The average molecular weight is 319 g/mol. The molecule has 7 heteroatoms. The predicted octanol–water partition coefficient (Wildman–Crippen LogP) is -0.0917. The minimum Gasteiger partial charge on any atom is -0.548 e. The molecule has 2 aromatic carbocycles. The lowest BCUT2D eigenvalue weighted by molar-refractivity contribution is -0.307. The maximum atomic E-state index is 12.2. The Hall–Kier alpha value is -2.38. The number of carboxylic acids is 1. The maximum Gasteiger partial charge on any atom is 0.241 e. The molecule has 2 rings (SSSR count).